The first-order chi connectivity index (χ1) is 8.54. The molecule has 0 spiro atoms. The molecule has 1 fully saturated rings. The zero-order valence-electron chi connectivity index (χ0n) is 10.1. The maximum atomic E-state index is 11.2. The van der Waals surface area contributed by atoms with Crippen LogP contribution in [0.25, 0.3) is 0 Å². The third kappa shape index (κ3) is 2.29. The summed E-state index contributed by atoms with van der Waals surface area (Å²) >= 11 is 6.07. The highest BCUT2D eigenvalue weighted by Gasteiger charge is 2.39. The number of rotatable bonds is 3. The zero-order valence-corrected chi connectivity index (χ0v) is 10.9. The molecule has 18 heavy (non-hydrogen) atoms. The average molecular weight is 271 g/mol. The van der Waals surface area contributed by atoms with E-state index in [-0.39, 0.29) is 12.0 Å². The van der Waals surface area contributed by atoms with Gasteiger partial charge in [-0.1, -0.05) is 17.7 Å². The SMILES string of the molecule is COc1ccc(C2C(C)NNC2C(=O)O)cc1Cl. The van der Waals surface area contributed by atoms with Crippen molar-refractivity contribution in [1.29, 1.82) is 0 Å². The van der Waals surface area contributed by atoms with Crippen molar-refractivity contribution in [2.75, 3.05) is 7.11 Å². The first-order valence-corrected chi connectivity index (χ1v) is 5.99. The number of aliphatic carboxylic acids is 1. The fourth-order valence-electron chi connectivity index (χ4n) is 2.28. The maximum Gasteiger partial charge on any atom is 0.322 e. The summed E-state index contributed by atoms with van der Waals surface area (Å²) in [5.41, 5.74) is 6.59. The fourth-order valence-corrected chi connectivity index (χ4v) is 2.54. The number of hydrogen-bond acceptors (Lipinski definition) is 4. The van der Waals surface area contributed by atoms with Crippen LogP contribution in [0.2, 0.25) is 5.02 Å². The molecular formula is C12H15ClN2O3. The van der Waals surface area contributed by atoms with Gasteiger partial charge in [0.1, 0.15) is 11.8 Å². The molecule has 2 rings (SSSR count). The number of carboxylic acid groups (broad SMARTS) is 1. The summed E-state index contributed by atoms with van der Waals surface area (Å²) in [7, 11) is 1.54. The van der Waals surface area contributed by atoms with Crippen molar-refractivity contribution in [3.63, 3.8) is 0 Å². The third-order valence-electron chi connectivity index (χ3n) is 3.19. The second-order valence-corrected chi connectivity index (χ2v) is 4.72. The highest BCUT2D eigenvalue weighted by molar-refractivity contribution is 6.32. The molecule has 1 aromatic rings. The minimum absolute atomic E-state index is 0.00978. The zero-order chi connectivity index (χ0) is 13.3. The van der Waals surface area contributed by atoms with Crippen LogP contribution in [0.4, 0.5) is 0 Å². The summed E-state index contributed by atoms with van der Waals surface area (Å²) in [5.74, 6) is -0.478. The minimum Gasteiger partial charge on any atom is -0.495 e. The van der Waals surface area contributed by atoms with Crippen molar-refractivity contribution >= 4 is 17.6 Å². The second kappa shape index (κ2) is 5.14. The Balaban J connectivity index is 2.34. The molecule has 3 N–H and O–H groups in total. The van der Waals surface area contributed by atoms with E-state index in [2.05, 4.69) is 10.9 Å². The fraction of sp³-hybridized carbons (Fsp3) is 0.417. The van der Waals surface area contributed by atoms with Crippen LogP contribution in [-0.4, -0.2) is 30.3 Å². The Morgan fingerprint density at radius 1 is 1.44 bits per heavy atom. The van der Waals surface area contributed by atoms with Gasteiger partial charge in [0.2, 0.25) is 0 Å². The molecule has 1 saturated heterocycles. The number of carboxylic acids is 1. The summed E-state index contributed by atoms with van der Waals surface area (Å²) in [6.45, 7) is 1.93. The van der Waals surface area contributed by atoms with Crippen LogP contribution in [0.1, 0.15) is 18.4 Å². The van der Waals surface area contributed by atoms with Crippen LogP contribution in [0.5, 0.6) is 5.75 Å². The number of halogens is 1. The van der Waals surface area contributed by atoms with Crippen molar-refractivity contribution in [3.05, 3.63) is 28.8 Å². The molecule has 0 amide bonds. The van der Waals surface area contributed by atoms with Gasteiger partial charge < -0.3 is 9.84 Å². The standard InChI is InChI=1S/C12H15ClN2O3/c1-6-10(11(12(16)17)15-14-6)7-3-4-9(18-2)8(13)5-7/h3-6,10-11,14-15H,1-2H3,(H,16,17). The Morgan fingerprint density at radius 3 is 2.72 bits per heavy atom. The summed E-state index contributed by atoms with van der Waals surface area (Å²) in [6, 6.07) is 4.70. The summed E-state index contributed by atoms with van der Waals surface area (Å²) in [4.78, 5) is 11.2. The van der Waals surface area contributed by atoms with Crippen LogP contribution in [0.3, 0.4) is 0 Å². The summed E-state index contributed by atoms with van der Waals surface area (Å²) in [6.07, 6.45) is 0. The van der Waals surface area contributed by atoms with E-state index in [1.807, 2.05) is 13.0 Å². The highest BCUT2D eigenvalue weighted by atomic mass is 35.5. The number of hydrazine groups is 1. The molecule has 0 bridgehead atoms. The van der Waals surface area contributed by atoms with Crippen molar-refractivity contribution in [1.82, 2.24) is 10.9 Å². The van der Waals surface area contributed by atoms with Crippen LogP contribution in [0, 0.1) is 0 Å². The molecule has 1 aliphatic heterocycles. The maximum absolute atomic E-state index is 11.2. The largest absolute Gasteiger partial charge is 0.495 e. The molecule has 0 aromatic heterocycles. The quantitative estimate of drug-likeness (QED) is 0.774. The molecule has 0 saturated carbocycles. The molecule has 1 aliphatic rings. The second-order valence-electron chi connectivity index (χ2n) is 4.31. The smallest absolute Gasteiger partial charge is 0.322 e. The topological polar surface area (TPSA) is 70.6 Å². The predicted octanol–water partition coefficient (Wildman–Crippen LogP) is 1.38. The Kier molecular flexibility index (Phi) is 3.75. The number of nitrogens with one attached hydrogen (secondary N) is 2. The Bertz CT molecular complexity index is 467. The molecule has 0 radical (unpaired) electrons. The normalized spacial score (nSPS) is 27.2. The molecule has 1 aromatic carbocycles. The van der Waals surface area contributed by atoms with E-state index in [9.17, 15) is 9.90 Å². The van der Waals surface area contributed by atoms with Crippen molar-refractivity contribution in [2.45, 2.75) is 24.9 Å². The van der Waals surface area contributed by atoms with Crippen molar-refractivity contribution in [3.8, 4) is 5.75 Å². The number of hydrogen-bond donors (Lipinski definition) is 3. The van der Waals surface area contributed by atoms with Crippen molar-refractivity contribution < 1.29 is 14.6 Å². The summed E-state index contributed by atoms with van der Waals surface area (Å²) < 4.78 is 5.08. The van der Waals surface area contributed by atoms with Crippen LogP contribution < -0.4 is 15.6 Å². The molecule has 98 valence electrons. The number of benzene rings is 1. The minimum atomic E-state index is -0.885. The third-order valence-corrected chi connectivity index (χ3v) is 3.49. The van der Waals surface area contributed by atoms with E-state index < -0.39 is 12.0 Å². The van der Waals surface area contributed by atoms with Gasteiger partial charge in [-0.3, -0.25) is 10.2 Å². The lowest BCUT2D eigenvalue weighted by molar-refractivity contribution is -0.139. The van der Waals surface area contributed by atoms with Gasteiger partial charge in [0.05, 0.1) is 12.1 Å². The first kappa shape index (κ1) is 13.1. The summed E-state index contributed by atoms with van der Waals surface area (Å²) in [5, 5.41) is 9.66. The van der Waals surface area contributed by atoms with E-state index in [4.69, 9.17) is 16.3 Å². The lowest BCUT2D eigenvalue weighted by Crippen LogP contribution is -2.38. The molecule has 3 unspecified atom stereocenters. The van der Waals surface area contributed by atoms with Crippen LogP contribution in [-0.2, 0) is 4.79 Å². The highest BCUT2D eigenvalue weighted by Crippen LogP contribution is 2.33. The molecule has 5 nitrogen and oxygen atoms in total. The lowest BCUT2D eigenvalue weighted by Gasteiger charge is -2.19. The Morgan fingerprint density at radius 2 is 2.17 bits per heavy atom. The molecule has 1 heterocycles. The van der Waals surface area contributed by atoms with Gasteiger partial charge in [-0.15, -0.1) is 0 Å². The number of ether oxygens (including phenoxy) is 1. The average Bonchev–Trinajstić information content (AvgIpc) is 2.71. The number of methoxy groups -OCH3 is 1. The van der Waals surface area contributed by atoms with E-state index in [0.717, 1.165) is 5.56 Å². The van der Waals surface area contributed by atoms with Crippen LogP contribution >= 0.6 is 11.6 Å². The van der Waals surface area contributed by atoms with Crippen molar-refractivity contribution in [2.24, 2.45) is 0 Å². The van der Waals surface area contributed by atoms with Gasteiger partial charge in [-0.25, -0.2) is 5.43 Å². The lowest BCUT2D eigenvalue weighted by atomic mass is 9.88. The van der Waals surface area contributed by atoms with E-state index in [1.165, 1.54) is 0 Å². The van der Waals surface area contributed by atoms with E-state index in [0.29, 0.717) is 10.8 Å². The van der Waals surface area contributed by atoms with E-state index in [1.54, 1.807) is 19.2 Å². The molecular weight excluding hydrogens is 256 g/mol. The molecule has 0 aliphatic carbocycles. The van der Waals surface area contributed by atoms with Gasteiger partial charge >= 0.3 is 5.97 Å². The van der Waals surface area contributed by atoms with E-state index >= 15 is 0 Å². The monoisotopic (exact) mass is 270 g/mol. The number of carbonyl (C=O) groups is 1. The van der Waals surface area contributed by atoms with Gasteiger partial charge in [0, 0.05) is 12.0 Å². The molecule has 6 heteroatoms. The Labute approximate surface area is 110 Å². The molecule has 3 atom stereocenters. The van der Waals surface area contributed by atoms with Gasteiger partial charge in [-0.05, 0) is 24.6 Å². The van der Waals surface area contributed by atoms with Crippen LogP contribution in [0.15, 0.2) is 18.2 Å². The van der Waals surface area contributed by atoms with Gasteiger partial charge in [0.15, 0.2) is 0 Å². The predicted molar refractivity (Wildman–Crippen MR) is 67.9 cm³/mol. The van der Waals surface area contributed by atoms with Gasteiger partial charge in [-0.2, -0.15) is 0 Å². The Hall–Kier alpha value is -1.30. The van der Waals surface area contributed by atoms with Gasteiger partial charge in [0.25, 0.3) is 0 Å². The first-order valence-electron chi connectivity index (χ1n) is 5.62.